The fourth-order valence-corrected chi connectivity index (χ4v) is 27.0. The van der Waals surface area contributed by atoms with Gasteiger partial charge >= 0.3 is 192 Å². The van der Waals surface area contributed by atoms with Crippen molar-refractivity contribution < 1.29 is 17.1 Å². The molecule has 0 heterocycles. The summed E-state index contributed by atoms with van der Waals surface area (Å²) in [6.45, 7) is 21.8. The molecule has 2 rings (SSSR count). The number of allylic oxidation sites excluding steroid dienone is 8. The summed E-state index contributed by atoms with van der Waals surface area (Å²) < 4.78 is 9.35. The third-order valence-electron chi connectivity index (χ3n) is 7.41. The van der Waals surface area contributed by atoms with E-state index in [0.717, 1.165) is 0 Å². The normalized spacial score (nSPS) is 17.8. The van der Waals surface area contributed by atoms with Gasteiger partial charge in [-0.1, -0.05) is 0 Å². The van der Waals surface area contributed by atoms with Crippen molar-refractivity contribution in [3.05, 3.63) is 41.1 Å². The van der Waals surface area contributed by atoms with Crippen LogP contribution in [0.25, 0.3) is 0 Å². The first kappa shape index (κ1) is 32.6. The molecule has 0 atom stereocenters. The molecule has 0 spiro atoms. The molecular formula is C28H52Cl2HfSi. The third kappa shape index (κ3) is 7.31. The van der Waals surface area contributed by atoms with Gasteiger partial charge in [-0.3, -0.25) is 0 Å². The molecule has 0 bridgehead atoms. The van der Waals surface area contributed by atoms with Crippen molar-refractivity contribution in [2.24, 2.45) is 10.8 Å². The molecule has 0 amide bonds. The minimum absolute atomic E-state index is 0. The van der Waals surface area contributed by atoms with Gasteiger partial charge in [0.25, 0.3) is 0 Å². The van der Waals surface area contributed by atoms with Gasteiger partial charge < -0.3 is 0 Å². The van der Waals surface area contributed by atoms with Gasteiger partial charge in [-0.2, -0.15) is 0 Å². The number of halogens is 2. The maximum absolute atomic E-state index is 3.41. The maximum atomic E-state index is 2.77. The molecule has 0 unspecified atom stereocenters. The molecule has 0 saturated heterocycles. The molecule has 4 heteroatoms. The first-order valence-electron chi connectivity index (χ1n) is 12.5. The minimum Gasteiger partial charge on any atom is -0.147 e. The van der Waals surface area contributed by atoms with E-state index in [1.807, 2.05) is 6.66 Å². The zero-order valence-electron chi connectivity index (χ0n) is 22.8. The van der Waals surface area contributed by atoms with Crippen molar-refractivity contribution >= 4 is 31.8 Å². The van der Waals surface area contributed by atoms with E-state index < -0.39 is 17.1 Å². The largest absolute Gasteiger partial charge is 0.147 e. The first-order valence-corrected chi connectivity index (χ1v) is 31.7. The monoisotopic (exact) mass is 666 g/mol. The van der Waals surface area contributed by atoms with Crippen LogP contribution in [0.3, 0.4) is 0 Å². The minimum atomic E-state index is -3.41. The Labute approximate surface area is 215 Å². The summed E-state index contributed by atoms with van der Waals surface area (Å²) in [4.78, 5) is 0. The van der Waals surface area contributed by atoms with Gasteiger partial charge in [-0.25, -0.2) is 0 Å². The van der Waals surface area contributed by atoms with E-state index in [0.29, 0.717) is 0 Å². The van der Waals surface area contributed by atoms with Gasteiger partial charge in [0.1, 0.15) is 0 Å². The van der Waals surface area contributed by atoms with Crippen LogP contribution >= 0.6 is 24.8 Å². The van der Waals surface area contributed by atoms with Crippen LogP contribution in [0.15, 0.2) is 41.1 Å². The molecule has 0 radical (unpaired) electrons. The van der Waals surface area contributed by atoms with Crippen molar-refractivity contribution in [2.45, 2.75) is 116 Å². The van der Waals surface area contributed by atoms with Gasteiger partial charge in [0.2, 0.25) is 0 Å². The van der Waals surface area contributed by atoms with Crippen LogP contribution in [0, 0.1) is 10.8 Å². The molecule has 186 valence electrons. The summed E-state index contributed by atoms with van der Waals surface area (Å²) in [5.74, 6) is 0. The van der Waals surface area contributed by atoms with Crippen molar-refractivity contribution in [3.8, 4) is 0 Å². The van der Waals surface area contributed by atoms with E-state index in [2.05, 4.69) is 83.8 Å². The summed E-state index contributed by atoms with van der Waals surface area (Å²) in [5.41, 5.74) is 7.31. The van der Waals surface area contributed by atoms with Gasteiger partial charge in [-0.05, 0) is 0 Å². The molecule has 2 aliphatic carbocycles. The van der Waals surface area contributed by atoms with Crippen molar-refractivity contribution in [1.29, 1.82) is 0 Å². The molecule has 0 saturated carbocycles. The van der Waals surface area contributed by atoms with Crippen molar-refractivity contribution in [3.63, 3.8) is 0 Å². The number of hydrogen-bond donors (Lipinski definition) is 0. The van der Waals surface area contributed by atoms with E-state index >= 15 is 0 Å². The Kier molecular flexibility index (Phi) is 11.8. The van der Waals surface area contributed by atoms with Crippen molar-refractivity contribution in [2.75, 3.05) is 0 Å². The molecule has 2 aliphatic rings. The number of hydrogen-bond acceptors (Lipinski definition) is 0. The van der Waals surface area contributed by atoms with Gasteiger partial charge in [-0.15, -0.1) is 24.8 Å². The van der Waals surface area contributed by atoms with Crippen LogP contribution in [-0.2, 0) is 17.1 Å². The summed E-state index contributed by atoms with van der Waals surface area (Å²) in [7, 11) is 0. The van der Waals surface area contributed by atoms with Crippen LogP contribution in [0.4, 0.5) is 0 Å². The molecule has 0 fully saturated rings. The molecule has 32 heavy (non-hydrogen) atoms. The summed E-state index contributed by atoms with van der Waals surface area (Å²) in [6.07, 6.45) is 15.7. The zero-order chi connectivity index (χ0) is 23.0. The summed E-state index contributed by atoms with van der Waals surface area (Å²) in [6, 6.07) is 0. The second-order valence-corrected chi connectivity index (χ2v) is 54.1. The average Bonchev–Trinajstić information content (AvgIpc) is 3.22. The van der Waals surface area contributed by atoms with Crippen LogP contribution < -0.4 is 0 Å². The Morgan fingerprint density at radius 2 is 1.03 bits per heavy atom. The van der Waals surface area contributed by atoms with Crippen molar-refractivity contribution in [1.82, 2.24) is 0 Å². The fraction of sp³-hybridized carbons (Fsp3) is 0.714. The van der Waals surface area contributed by atoms with E-state index in [4.69, 9.17) is 0 Å². The SMILES string of the molecule is CCCCC1=CC(C(C)(C)C)=[C]([Hf]([CH3])([CH3])(=[SiH2])[C]2=C(C(C)(C)C)C=C(CCCC)C2)C1.Cl.Cl. The van der Waals surface area contributed by atoms with Gasteiger partial charge in [0.15, 0.2) is 0 Å². The third-order valence-corrected chi connectivity index (χ3v) is 31.5. The van der Waals surface area contributed by atoms with Gasteiger partial charge in [0, 0.05) is 0 Å². The fourth-order valence-electron chi connectivity index (χ4n) is 5.41. The van der Waals surface area contributed by atoms with Crippen LogP contribution in [0.2, 0.25) is 9.36 Å². The second-order valence-electron chi connectivity index (χ2n) is 13.1. The first-order chi connectivity index (χ1) is 13.6. The summed E-state index contributed by atoms with van der Waals surface area (Å²) in [5, 5.41) is 0. The van der Waals surface area contributed by atoms with E-state index in [1.54, 1.807) is 22.3 Å². The van der Waals surface area contributed by atoms with Crippen LogP contribution in [0.5, 0.6) is 0 Å². The van der Waals surface area contributed by atoms with E-state index in [-0.39, 0.29) is 35.6 Å². The maximum Gasteiger partial charge on any atom is -0.147 e. The Morgan fingerprint density at radius 1 is 0.719 bits per heavy atom. The number of unbranched alkanes of at least 4 members (excludes halogenated alkanes) is 2. The smallest absolute Gasteiger partial charge is 0.147 e. The molecule has 0 N–H and O–H groups in total. The Morgan fingerprint density at radius 3 is 1.28 bits per heavy atom. The topological polar surface area (TPSA) is 0 Å². The molecule has 0 nitrogen and oxygen atoms in total. The molecule has 0 aromatic heterocycles. The molecule has 0 aliphatic heterocycles. The molecule has 0 aromatic carbocycles. The second kappa shape index (κ2) is 11.6. The standard InChI is InChI=1S/2C13H21.2CH3.2ClH.Hf.H2Si/c2*1-5-6-7-11-8-9-12(10-11)13(2,3)4;;;;;;/h2*10H,5-8H2,1-4H3;2*1H3;2*1H;;1H2. The number of rotatable bonds is 8. The summed E-state index contributed by atoms with van der Waals surface area (Å²) >= 11 is -3.41. The predicted molar refractivity (Wildman–Crippen MR) is 152 cm³/mol. The van der Waals surface area contributed by atoms with Gasteiger partial charge in [0.05, 0.1) is 0 Å². The molecule has 0 aromatic rings. The van der Waals surface area contributed by atoms with E-state index in [9.17, 15) is 0 Å². The predicted octanol–water partition coefficient (Wildman–Crippen LogP) is 9.80. The Hall–Kier alpha value is 0.627. The quantitative estimate of drug-likeness (QED) is 0.227. The Bertz CT molecular complexity index is 798. The average molecular weight is 666 g/mol. The zero-order valence-corrected chi connectivity index (χ0v) is 29.5. The van der Waals surface area contributed by atoms with Crippen LogP contribution in [0.1, 0.15) is 107 Å². The van der Waals surface area contributed by atoms with Crippen LogP contribution in [-0.4, -0.2) is 6.94 Å². The Balaban J connectivity index is 0.00000480. The van der Waals surface area contributed by atoms with E-state index in [1.165, 1.54) is 51.4 Å². The molecular weight excluding hydrogens is 614 g/mol.